The summed E-state index contributed by atoms with van der Waals surface area (Å²) in [5.41, 5.74) is 5.03. The van der Waals surface area contributed by atoms with Crippen LogP contribution in [0, 0.1) is 20.8 Å². The van der Waals surface area contributed by atoms with Gasteiger partial charge in [0.05, 0.1) is 18.3 Å². The van der Waals surface area contributed by atoms with E-state index in [0.717, 1.165) is 54.9 Å². The largest absolute Gasteiger partial charge is 0.493 e. The third-order valence-corrected chi connectivity index (χ3v) is 6.96. The number of methoxy groups -OCH3 is 1. The van der Waals surface area contributed by atoms with Crippen molar-refractivity contribution in [1.29, 1.82) is 0 Å². The highest BCUT2D eigenvalue weighted by atomic mass is 35.5. The van der Waals surface area contributed by atoms with Gasteiger partial charge >= 0.3 is 5.63 Å². The molecule has 3 heterocycles. The van der Waals surface area contributed by atoms with Gasteiger partial charge in [-0.3, -0.25) is 9.88 Å². The Labute approximate surface area is 234 Å². The number of para-hydroxylation sites is 1. The highest BCUT2D eigenvalue weighted by molar-refractivity contribution is 5.91. The highest BCUT2D eigenvalue weighted by Crippen LogP contribution is 2.34. The van der Waals surface area contributed by atoms with Crippen molar-refractivity contribution in [2.24, 2.45) is 0 Å². The molecule has 1 aliphatic heterocycles. The number of pyridine rings is 1. The average Bonchev–Trinajstić information content (AvgIpc) is 2.87. The van der Waals surface area contributed by atoms with E-state index in [2.05, 4.69) is 40.1 Å². The van der Waals surface area contributed by atoms with Gasteiger partial charge in [-0.2, -0.15) is 0 Å². The summed E-state index contributed by atoms with van der Waals surface area (Å²) in [7, 11) is 1.59. The normalized spacial score (nSPS) is 13.4. The molecule has 0 amide bonds. The van der Waals surface area contributed by atoms with E-state index in [1.54, 1.807) is 20.1 Å². The molecule has 2 aromatic carbocycles. The molecule has 38 heavy (non-hydrogen) atoms. The fourth-order valence-electron chi connectivity index (χ4n) is 4.70. The lowest BCUT2D eigenvalue weighted by Crippen LogP contribution is -2.47. The standard InChI is InChI=1S/C28H31N3O4.2ClH.H2O/c1-18-8-9-21-6-5-7-23(27(21)29-18)31-12-10-30(11-13-31)14-15-34-26-16-22-19(2)20(3)28(32)35-24(22)17-25(26)33-4;;;/h5-9,16-17H,10-15H2,1-4H3;2*1H;1H2. The van der Waals surface area contributed by atoms with E-state index in [0.29, 0.717) is 29.3 Å². The summed E-state index contributed by atoms with van der Waals surface area (Å²) in [6.45, 7) is 10.9. The van der Waals surface area contributed by atoms with Crippen LogP contribution in [-0.2, 0) is 0 Å². The third-order valence-electron chi connectivity index (χ3n) is 6.96. The first kappa shape index (κ1) is 31.2. The first-order valence-electron chi connectivity index (χ1n) is 12.0. The van der Waals surface area contributed by atoms with Crippen LogP contribution >= 0.6 is 24.8 Å². The van der Waals surface area contributed by atoms with Crippen molar-refractivity contribution < 1.29 is 19.4 Å². The Kier molecular flexibility index (Phi) is 10.8. The zero-order valence-corrected chi connectivity index (χ0v) is 23.7. The number of hydrogen-bond donors (Lipinski definition) is 0. The zero-order chi connectivity index (χ0) is 24.5. The Bertz CT molecular complexity index is 1450. The topological polar surface area (TPSA) is 99.5 Å². The predicted molar refractivity (Wildman–Crippen MR) is 157 cm³/mol. The van der Waals surface area contributed by atoms with Crippen LogP contribution in [0.2, 0.25) is 0 Å². The quantitative estimate of drug-likeness (QED) is 0.318. The molecule has 2 N–H and O–H groups in total. The molecular formula is C28H35Cl2N3O5. The Balaban J connectivity index is 0.00000169. The molecule has 1 fully saturated rings. The number of ether oxygens (including phenoxy) is 2. The van der Waals surface area contributed by atoms with Crippen molar-refractivity contribution in [3.05, 3.63) is 69.7 Å². The molecule has 0 aliphatic carbocycles. The number of anilines is 1. The highest BCUT2D eigenvalue weighted by Gasteiger charge is 2.20. The molecule has 5 rings (SSSR count). The summed E-state index contributed by atoms with van der Waals surface area (Å²) in [5, 5.41) is 2.04. The van der Waals surface area contributed by atoms with Crippen LogP contribution in [0.25, 0.3) is 21.9 Å². The van der Waals surface area contributed by atoms with Crippen molar-refractivity contribution in [1.82, 2.24) is 9.88 Å². The van der Waals surface area contributed by atoms with Gasteiger partial charge < -0.3 is 24.3 Å². The van der Waals surface area contributed by atoms with Gasteiger partial charge in [-0.15, -0.1) is 24.8 Å². The lowest BCUT2D eigenvalue weighted by atomic mass is 10.1. The van der Waals surface area contributed by atoms with E-state index in [-0.39, 0.29) is 35.9 Å². The van der Waals surface area contributed by atoms with E-state index < -0.39 is 0 Å². The lowest BCUT2D eigenvalue weighted by Gasteiger charge is -2.36. The van der Waals surface area contributed by atoms with Crippen molar-refractivity contribution in [3.63, 3.8) is 0 Å². The van der Waals surface area contributed by atoms with E-state index in [1.807, 2.05) is 19.9 Å². The molecule has 8 nitrogen and oxygen atoms in total. The Morgan fingerprint density at radius 2 is 1.68 bits per heavy atom. The third kappa shape index (κ3) is 6.15. The van der Waals surface area contributed by atoms with Crippen LogP contribution in [0.3, 0.4) is 0 Å². The van der Waals surface area contributed by atoms with Gasteiger partial charge in [-0.05, 0) is 44.5 Å². The molecule has 0 unspecified atom stereocenters. The van der Waals surface area contributed by atoms with E-state index >= 15 is 0 Å². The summed E-state index contributed by atoms with van der Waals surface area (Å²) in [5.74, 6) is 1.22. The summed E-state index contributed by atoms with van der Waals surface area (Å²) in [6, 6.07) is 14.3. The number of benzene rings is 2. The van der Waals surface area contributed by atoms with Crippen molar-refractivity contribution in [2.45, 2.75) is 20.8 Å². The van der Waals surface area contributed by atoms with Gasteiger partial charge in [-0.25, -0.2) is 4.79 Å². The Hall–Kier alpha value is -3.04. The molecule has 2 aromatic heterocycles. The summed E-state index contributed by atoms with van der Waals surface area (Å²) in [6.07, 6.45) is 0. The zero-order valence-electron chi connectivity index (χ0n) is 22.1. The number of nitrogens with zero attached hydrogens (tertiary/aromatic N) is 3. The summed E-state index contributed by atoms with van der Waals surface area (Å²) in [4.78, 5) is 21.7. The molecule has 1 aliphatic rings. The monoisotopic (exact) mass is 563 g/mol. The summed E-state index contributed by atoms with van der Waals surface area (Å²) < 4.78 is 17.1. The Morgan fingerprint density at radius 3 is 2.39 bits per heavy atom. The minimum absolute atomic E-state index is 0. The van der Waals surface area contributed by atoms with E-state index in [4.69, 9.17) is 18.9 Å². The second-order valence-corrected chi connectivity index (χ2v) is 9.12. The van der Waals surface area contributed by atoms with Crippen LogP contribution in [0.15, 0.2) is 51.7 Å². The van der Waals surface area contributed by atoms with Crippen LogP contribution in [0.5, 0.6) is 11.5 Å². The number of fused-ring (bicyclic) bond motifs is 2. The SMILES string of the molecule is COc1cc2oc(=O)c(C)c(C)c2cc1OCCN1CCN(c2cccc3ccc(C)nc23)CC1.Cl.Cl.O. The van der Waals surface area contributed by atoms with E-state index in [9.17, 15) is 4.79 Å². The molecule has 10 heteroatoms. The fraction of sp³-hybridized carbons (Fsp3) is 0.357. The number of piperazine rings is 1. The smallest absolute Gasteiger partial charge is 0.339 e. The fourth-order valence-corrected chi connectivity index (χ4v) is 4.70. The number of aryl methyl sites for hydroxylation is 2. The van der Waals surface area contributed by atoms with Crippen LogP contribution in [0.1, 0.15) is 16.8 Å². The van der Waals surface area contributed by atoms with Crippen LogP contribution in [0.4, 0.5) is 5.69 Å². The first-order chi connectivity index (χ1) is 16.9. The molecule has 0 saturated carbocycles. The van der Waals surface area contributed by atoms with Gasteiger partial charge in [0.2, 0.25) is 0 Å². The minimum atomic E-state index is -0.320. The predicted octanol–water partition coefficient (Wildman–Crippen LogP) is 4.49. The van der Waals surface area contributed by atoms with Gasteiger partial charge in [0.25, 0.3) is 0 Å². The molecule has 0 bridgehead atoms. The molecular weight excluding hydrogens is 529 g/mol. The number of rotatable bonds is 6. The molecule has 0 spiro atoms. The van der Waals surface area contributed by atoms with Crippen LogP contribution in [-0.4, -0.2) is 61.8 Å². The molecule has 4 aromatic rings. The average molecular weight is 565 g/mol. The number of aromatic nitrogens is 1. The van der Waals surface area contributed by atoms with Gasteiger partial charge in [0.15, 0.2) is 11.5 Å². The molecule has 0 atom stereocenters. The maximum absolute atomic E-state index is 12.0. The second-order valence-electron chi connectivity index (χ2n) is 9.12. The Morgan fingerprint density at radius 1 is 0.947 bits per heavy atom. The van der Waals surface area contributed by atoms with Gasteiger partial charge in [-0.1, -0.05) is 18.2 Å². The van der Waals surface area contributed by atoms with Crippen molar-refractivity contribution in [2.75, 3.05) is 51.3 Å². The molecule has 0 radical (unpaired) electrons. The summed E-state index contributed by atoms with van der Waals surface area (Å²) >= 11 is 0. The van der Waals surface area contributed by atoms with Crippen molar-refractivity contribution in [3.8, 4) is 11.5 Å². The molecule has 206 valence electrons. The lowest BCUT2D eigenvalue weighted by molar-refractivity contribution is 0.197. The molecule has 1 saturated heterocycles. The maximum Gasteiger partial charge on any atom is 0.339 e. The minimum Gasteiger partial charge on any atom is -0.493 e. The number of halogens is 2. The first-order valence-corrected chi connectivity index (χ1v) is 12.0. The van der Waals surface area contributed by atoms with Crippen molar-refractivity contribution >= 4 is 52.4 Å². The van der Waals surface area contributed by atoms with Gasteiger partial charge in [0, 0.05) is 60.8 Å². The number of hydrogen-bond acceptors (Lipinski definition) is 7. The van der Waals surface area contributed by atoms with Crippen LogP contribution < -0.4 is 20.0 Å². The van der Waals surface area contributed by atoms with Gasteiger partial charge in [0.1, 0.15) is 12.2 Å². The van der Waals surface area contributed by atoms with E-state index in [1.165, 1.54) is 11.1 Å². The maximum atomic E-state index is 12.0. The second kappa shape index (κ2) is 13.2.